The van der Waals surface area contributed by atoms with Crippen LogP contribution in [0.5, 0.6) is 0 Å². The molecule has 57 heavy (non-hydrogen) atoms. The molecule has 1 heterocycles. The molecule has 0 radical (unpaired) electrons. The van der Waals surface area contributed by atoms with Crippen LogP contribution in [-0.2, 0) is 23.9 Å². The fraction of sp³-hybridized carbons (Fsp3) is 0.771. The maximum Gasteiger partial charge on any atom is 0.332 e. The summed E-state index contributed by atoms with van der Waals surface area (Å²) in [6.45, 7) is 8.88. The molecule has 0 aromatic carbocycles. The minimum absolute atomic E-state index is 0.170. The summed E-state index contributed by atoms with van der Waals surface area (Å²) in [5, 5.41) is 11.9. The zero-order chi connectivity index (χ0) is 41.3. The van der Waals surface area contributed by atoms with E-state index in [4.69, 9.17) is 14.6 Å². The van der Waals surface area contributed by atoms with Gasteiger partial charge in [0.25, 0.3) is 0 Å². The van der Waals surface area contributed by atoms with Crippen molar-refractivity contribution in [3.63, 3.8) is 0 Å². The van der Waals surface area contributed by atoms with E-state index in [1.807, 2.05) is 0 Å². The maximum atomic E-state index is 13.1. The summed E-state index contributed by atoms with van der Waals surface area (Å²) >= 11 is 0. The summed E-state index contributed by atoms with van der Waals surface area (Å²) in [4.78, 5) is 43.1. The Hall–Kier alpha value is -2.75. The van der Waals surface area contributed by atoms with Crippen LogP contribution < -0.4 is 5.32 Å². The van der Waals surface area contributed by atoms with Crippen LogP contribution in [0, 0.1) is 0 Å². The van der Waals surface area contributed by atoms with E-state index < -0.39 is 12.0 Å². The van der Waals surface area contributed by atoms with Crippen LogP contribution in [0.15, 0.2) is 48.6 Å². The molecule has 9 nitrogen and oxygen atoms in total. The first kappa shape index (κ1) is 52.3. The second kappa shape index (κ2) is 40.0. The Balaban J connectivity index is 2.34. The van der Waals surface area contributed by atoms with Gasteiger partial charge in [-0.2, -0.15) is 0 Å². The van der Waals surface area contributed by atoms with Crippen molar-refractivity contribution >= 4 is 17.8 Å². The van der Waals surface area contributed by atoms with Crippen LogP contribution in [0.3, 0.4) is 0 Å². The van der Waals surface area contributed by atoms with Crippen LogP contribution in [0.4, 0.5) is 0 Å². The van der Waals surface area contributed by atoms with Crippen molar-refractivity contribution in [1.82, 2.24) is 15.1 Å². The first-order chi connectivity index (χ1) is 28.0. The summed E-state index contributed by atoms with van der Waals surface area (Å²) in [6, 6.07) is -1.03. The highest BCUT2D eigenvalue weighted by Crippen LogP contribution is 2.11. The predicted octanol–water partition coefficient (Wildman–Crippen LogP) is 10.2. The van der Waals surface area contributed by atoms with Crippen LogP contribution in [0.25, 0.3) is 0 Å². The number of aliphatic hydroxyl groups excluding tert-OH is 1. The Labute approximate surface area is 349 Å². The van der Waals surface area contributed by atoms with E-state index in [2.05, 4.69) is 77.6 Å². The minimum atomic E-state index is -1.03. The molecule has 1 saturated heterocycles. The lowest BCUT2D eigenvalue weighted by atomic mass is 10.1. The van der Waals surface area contributed by atoms with Gasteiger partial charge in [0.2, 0.25) is 5.91 Å². The highest BCUT2D eigenvalue weighted by Gasteiger charge is 2.26. The second-order valence-corrected chi connectivity index (χ2v) is 15.7. The fourth-order valence-corrected chi connectivity index (χ4v) is 6.77. The van der Waals surface area contributed by atoms with Crippen molar-refractivity contribution in [2.24, 2.45) is 0 Å². The highest BCUT2D eigenvalue weighted by atomic mass is 16.6. The molecule has 1 fully saturated rings. The Bertz CT molecular complexity index is 1080. The molecule has 0 spiro atoms. The van der Waals surface area contributed by atoms with Crippen LogP contribution >= 0.6 is 0 Å². The third-order valence-corrected chi connectivity index (χ3v) is 10.4. The van der Waals surface area contributed by atoms with Gasteiger partial charge in [-0.3, -0.25) is 14.5 Å². The van der Waals surface area contributed by atoms with E-state index in [0.717, 1.165) is 123 Å². The quantitative estimate of drug-likeness (QED) is 0.0361. The standard InChI is InChI=1S/C48H85N3O6/c1-3-5-7-9-11-13-15-17-19-21-23-25-27-29-31-33-42-56-48(55)45(49-46(53)43-51-39-37-50(38-40-51)36-34-41-52)44-57-47(54)35-32-30-28-26-24-22-20-18-16-14-12-10-8-6-4-2/h11-14,17-20,45,52H,3-10,15-16,21-44H2,1-2H3,(H,49,53)/b13-11-,14-12-,19-17-,20-18-. The summed E-state index contributed by atoms with van der Waals surface area (Å²) in [5.41, 5.74) is 0. The lowest BCUT2D eigenvalue weighted by molar-refractivity contribution is -0.154. The molecule has 0 aromatic heterocycles. The third kappa shape index (κ3) is 33.9. The van der Waals surface area contributed by atoms with E-state index in [0.29, 0.717) is 6.42 Å². The number of nitrogens with one attached hydrogen (secondary N) is 1. The van der Waals surface area contributed by atoms with Gasteiger partial charge in [0.05, 0.1) is 13.2 Å². The number of amides is 1. The number of carbonyl (C=O) groups is 3. The average Bonchev–Trinajstić information content (AvgIpc) is 3.21. The topological polar surface area (TPSA) is 108 Å². The molecule has 1 amide bonds. The summed E-state index contributed by atoms with van der Waals surface area (Å²) in [6.07, 6.45) is 45.1. The van der Waals surface area contributed by atoms with Gasteiger partial charge in [-0.05, 0) is 83.5 Å². The van der Waals surface area contributed by atoms with E-state index in [1.165, 1.54) is 64.2 Å². The molecule has 0 aromatic rings. The van der Waals surface area contributed by atoms with Gasteiger partial charge in [-0.15, -0.1) is 0 Å². The van der Waals surface area contributed by atoms with Gasteiger partial charge < -0.3 is 24.8 Å². The second-order valence-electron chi connectivity index (χ2n) is 15.7. The maximum absolute atomic E-state index is 13.1. The van der Waals surface area contributed by atoms with Gasteiger partial charge in [-0.25, -0.2) is 4.79 Å². The number of nitrogens with zero attached hydrogens (tertiary/aromatic N) is 2. The molecule has 0 saturated carbocycles. The van der Waals surface area contributed by atoms with E-state index >= 15 is 0 Å². The SMILES string of the molecule is CCCCC/C=C\C/C=C\CCCCCCCCOC(=O)C(COC(=O)CCCCCCC/C=C\C/C=C\CCCCC)NC(=O)CN1CCN(CCCO)CC1. The number of piperazine rings is 1. The zero-order valence-corrected chi connectivity index (χ0v) is 36.6. The van der Waals surface area contributed by atoms with E-state index in [-0.39, 0.29) is 38.2 Å². The normalized spacial score (nSPS) is 14.7. The van der Waals surface area contributed by atoms with Crippen molar-refractivity contribution in [1.29, 1.82) is 0 Å². The van der Waals surface area contributed by atoms with Crippen molar-refractivity contribution < 1.29 is 29.0 Å². The molecule has 0 aliphatic carbocycles. The van der Waals surface area contributed by atoms with Gasteiger partial charge in [0.1, 0.15) is 6.61 Å². The Kier molecular flexibility index (Phi) is 36.7. The summed E-state index contributed by atoms with van der Waals surface area (Å²) < 4.78 is 11.1. The van der Waals surface area contributed by atoms with Crippen molar-refractivity contribution in [3.05, 3.63) is 48.6 Å². The molecule has 1 aliphatic heterocycles. The van der Waals surface area contributed by atoms with Gasteiger partial charge in [-0.1, -0.05) is 133 Å². The molecule has 1 aliphatic rings. The van der Waals surface area contributed by atoms with Gasteiger partial charge in [0, 0.05) is 45.8 Å². The zero-order valence-electron chi connectivity index (χ0n) is 36.6. The third-order valence-electron chi connectivity index (χ3n) is 10.4. The molecule has 9 heteroatoms. The summed E-state index contributed by atoms with van der Waals surface area (Å²) in [7, 11) is 0. The van der Waals surface area contributed by atoms with Gasteiger partial charge in [0.15, 0.2) is 6.04 Å². The molecule has 1 atom stereocenters. The minimum Gasteiger partial charge on any atom is -0.464 e. The van der Waals surface area contributed by atoms with E-state index in [9.17, 15) is 14.4 Å². The fourth-order valence-electron chi connectivity index (χ4n) is 6.77. The number of rotatable bonds is 38. The smallest absolute Gasteiger partial charge is 0.332 e. The van der Waals surface area contributed by atoms with Crippen LogP contribution in [0.2, 0.25) is 0 Å². The Morgan fingerprint density at radius 1 is 0.579 bits per heavy atom. The molecular weight excluding hydrogens is 715 g/mol. The van der Waals surface area contributed by atoms with Crippen LogP contribution in [0.1, 0.15) is 174 Å². The number of aliphatic hydroxyl groups is 1. The molecule has 1 rings (SSSR count). The highest BCUT2D eigenvalue weighted by molar-refractivity contribution is 5.86. The number of hydrogen-bond donors (Lipinski definition) is 2. The van der Waals surface area contributed by atoms with Gasteiger partial charge >= 0.3 is 11.9 Å². The molecule has 1 unspecified atom stereocenters. The lowest BCUT2D eigenvalue weighted by Crippen LogP contribution is -2.52. The number of allylic oxidation sites excluding steroid dienone is 8. The number of ether oxygens (including phenoxy) is 2. The number of hydrogen-bond acceptors (Lipinski definition) is 8. The Morgan fingerprint density at radius 2 is 1.05 bits per heavy atom. The molecule has 328 valence electrons. The first-order valence-electron chi connectivity index (χ1n) is 23.3. The lowest BCUT2D eigenvalue weighted by Gasteiger charge is -2.34. The van der Waals surface area contributed by atoms with Crippen molar-refractivity contribution in [2.75, 3.05) is 59.1 Å². The Morgan fingerprint density at radius 3 is 1.58 bits per heavy atom. The van der Waals surface area contributed by atoms with Crippen molar-refractivity contribution in [2.45, 2.75) is 180 Å². The number of esters is 2. The average molecular weight is 800 g/mol. The number of unbranched alkanes of at least 4 members (excludes halogenated alkanes) is 17. The largest absolute Gasteiger partial charge is 0.464 e. The van der Waals surface area contributed by atoms with Crippen molar-refractivity contribution in [3.8, 4) is 0 Å². The monoisotopic (exact) mass is 800 g/mol. The number of carbonyl (C=O) groups excluding carboxylic acids is 3. The van der Waals surface area contributed by atoms with Crippen LogP contribution in [-0.4, -0.2) is 97.9 Å². The summed E-state index contributed by atoms with van der Waals surface area (Å²) in [5.74, 6) is -1.18. The van der Waals surface area contributed by atoms with E-state index in [1.54, 1.807) is 0 Å². The molecule has 0 bridgehead atoms. The molecular formula is C48H85N3O6. The first-order valence-corrected chi connectivity index (χ1v) is 23.3. The molecule has 2 N–H and O–H groups in total. The predicted molar refractivity (Wildman–Crippen MR) is 237 cm³/mol.